The molecule has 0 saturated carbocycles. The van der Waals surface area contributed by atoms with Gasteiger partial charge in [0.05, 0.1) is 11.3 Å². The molecule has 158 valence electrons. The molecular weight excluding hydrogens is 402 g/mol. The Kier molecular flexibility index (Phi) is 5.18. The van der Waals surface area contributed by atoms with Gasteiger partial charge in [-0.2, -0.15) is 18.2 Å². The summed E-state index contributed by atoms with van der Waals surface area (Å²) < 4.78 is 54.2. The van der Waals surface area contributed by atoms with Gasteiger partial charge in [0.25, 0.3) is 0 Å². The monoisotopic (exact) mass is 421 g/mol. The lowest BCUT2D eigenvalue weighted by Crippen LogP contribution is -2.47. The van der Waals surface area contributed by atoms with E-state index in [0.717, 1.165) is 24.8 Å². The van der Waals surface area contributed by atoms with E-state index in [0.29, 0.717) is 31.2 Å². The third kappa shape index (κ3) is 4.14. The van der Waals surface area contributed by atoms with Crippen molar-refractivity contribution >= 4 is 23.3 Å². The highest BCUT2D eigenvalue weighted by Gasteiger charge is 2.31. The van der Waals surface area contributed by atoms with E-state index in [1.807, 2.05) is 17.0 Å². The van der Waals surface area contributed by atoms with Gasteiger partial charge in [-0.05, 0) is 30.3 Å². The molecule has 0 aliphatic carbocycles. The summed E-state index contributed by atoms with van der Waals surface area (Å²) in [5.41, 5.74) is -0.190. The molecular formula is C19H19F4N7. The second kappa shape index (κ2) is 7.81. The van der Waals surface area contributed by atoms with Crippen LogP contribution in [0.4, 0.5) is 40.8 Å². The number of hydrogen-bond acceptors (Lipinski definition) is 6. The number of alkyl halides is 3. The predicted molar refractivity (Wildman–Crippen MR) is 104 cm³/mol. The average molecular weight is 421 g/mol. The highest BCUT2D eigenvalue weighted by atomic mass is 19.4. The maximum Gasteiger partial charge on any atom is 0.416 e. The van der Waals surface area contributed by atoms with Gasteiger partial charge in [-0.25, -0.2) is 9.07 Å². The lowest BCUT2D eigenvalue weighted by molar-refractivity contribution is -0.137. The highest BCUT2D eigenvalue weighted by molar-refractivity contribution is 5.57. The quantitative estimate of drug-likeness (QED) is 0.652. The van der Waals surface area contributed by atoms with Crippen molar-refractivity contribution in [3.63, 3.8) is 0 Å². The number of aromatic nitrogens is 4. The Balaban J connectivity index is 1.47. The number of piperazine rings is 1. The Bertz CT molecular complexity index is 1010. The minimum atomic E-state index is -4.57. The Labute approximate surface area is 170 Å². The third-order valence-corrected chi connectivity index (χ3v) is 4.87. The Morgan fingerprint density at radius 2 is 1.63 bits per heavy atom. The summed E-state index contributed by atoms with van der Waals surface area (Å²) in [5.74, 6) is -0.232. The van der Waals surface area contributed by atoms with E-state index in [1.54, 1.807) is 19.4 Å². The molecule has 0 atom stereocenters. The van der Waals surface area contributed by atoms with Crippen LogP contribution in [-0.2, 0) is 13.2 Å². The van der Waals surface area contributed by atoms with E-state index in [-0.39, 0.29) is 11.6 Å². The number of anilines is 4. The summed E-state index contributed by atoms with van der Waals surface area (Å²) in [6.07, 6.45) is -1.08. The number of nitrogens with zero attached hydrogens (tertiary/aromatic N) is 6. The molecule has 1 aromatic carbocycles. The number of nitrogens with one attached hydrogen (secondary N) is 1. The van der Waals surface area contributed by atoms with Crippen LogP contribution in [0.3, 0.4) is 0 Å². The van der Waals surface area contributed by atoms with Crippen LogP contribution < -0.4 is 15.1 Å². The van der Waals surface area contributed by atoms with Gasteiger partial charge in [0, 0.05) is 51.3 Å². The van der Waals surface area contributed by atoms with Crippen LogP contribution in [0.25, 0.3) is 0 Å². The molecule has 0 bridgehead atoms. The molecule has 1 aliphatic heterocycles. The molecule has 1 fully saturated rings. The summed E-state index contributed by atoms with van der Waals surface area (Å²) in [7, 11) is 1.69. The first kappa shape index (κ1) is 19.9. The van der Waals surface area contributed by atoms with Gasteiger partial charge in [0.2, 0.25) is 11.9 Å². The zero-order chi connectivity index (χ0) is 21.3. The molecule has 2 aromatic heterocycles. The Hall–Kier alpha value is -3.37. The topological polar surface area (TPSA) is 62.1 Å². The molecule has 1 aliphatic rings. The Morgan fingerprint density at radius 3 is 2.30 bits per heavy atom. The molecule has 30 heavy (non-hydrogen) atoms. The third-order valence-electron chi connectivity index (χ3n) is 4.87. The van der Waals surface area contributed by atoms with E-state index in [9.17, 15) is 17.6 Å². The molecule has 4 rings (SSSR count). The lowest BCUT2D eigenvalue weighted by Gasteiger charge is -2.36. The molecule has 3 heterocycles. The number of pyridine rings is 1. The van der Waals surface area contributed by atoms with Crippen molar-refractivity contribution in [2.24, 2.45) is 7.05 Å². The van der Waals surface area contributed by atoms with Crippen molar-refractivity contribution in [3.05, 3.63) is 54.1 Å². The van der Waals surface area contributed by atoms with Crippen molar-refractivity contribution in [1.29, 1.82) is 0 Å². The fourth-order valence-corrected chi connectivity index (χ4v) is 3.34. The maximum absolute atomic E-state index is 14.0. The van der Waals surface area contributed by atoms with Crippen LogP contribution in [0.2, 0.25) is 0 Å². The predicted octanol–water partition coefficient (Wildman–Crippen LogP) is 3.44. The smallest absolute Gasteiger partial charge is 0.368 e. The first-order chi connectivity index (χ1) is 14.3. The lowest BCUT2D eigenvalue weighted by atomic mass is 10.2. The minimum Gasteiger partial charge on any atom is -0.368 e. The van der Waals surface area contributed by atoms with Crippen LogP contribution in [0, 0.1) is 5.82 Å². The molecule has 0 spiro atoms. The average Bonchev–Trinajstić information content (AvgIpc) is 3.09. The van der Waals surface area contributed by atoms with E-state index < -0.39 is 17.6 Å². The van der Waals surface area contributed by atoms with Crippen molar-refractivity contribution in [1.82, 2.24) is 19.7 Å². The minimum absolute atomic E-state index is 0.0299. The zero-order valence-electron chi connectivity index (χ0n) is 16.1. The number of rotatable bonds is 4. The highest BCUT2D eigenvalue weighted by Crippen LogP contribution is 2.32. The second-order valence-corrected chi connectivity index (χ2v) is 6.86. The molecule has 3 aromatic rings. The van der Waals surface area contributed by atoms with Crippen molar-refractivity contribution in [3.8, 4) is 0 Å². The summed E-state index contributed by atoms with van der Waals surface area (Å²) in [6, 6.07) is 6.07. The molecule has 11 heteroatoms. The van der Waals surface area contributed by atoms with E-state index >= 15 is 0 Å². The van der Waals surface area contributed by atoms with Gasteiger partial charge >= 0.3 is 6.18 Å². The van der Waals surface area contributed by atoms with Crippen molar-refractivity contribution in [2.45, 2.75) is 6.18 Å². The van der Waals surface area contributed by atoms with Crippen molar-refractivity contribution in [2.75, 3.05) is 41.3 Å². The van der Waals surface area contributed by atoms with Gasteiger partial charge in [-0.3, -0.25) is 4.98 Å². The zero-order valence-corrected chi connectivity index (χ0v) is 16.1. The van der Waals surface area contributed by atoms with Gasteiger partial charge in [-0.15, -0.1) is 5.10 Å². The van der Waals surface area contributed by atoms with Crippen LogP contribution >= 0.6 is 0 Å². The first-order valence-electron chi connectivity index (χ1n) is 9.26. The normalized spacial score (nSPS) is 14.8. The summed E-state index contributed by atoms with van der Waals surface area (Å²) in [6.45, 7) is 2.90. The van der Waals surface area contributed by atoms with Crippen LogP contribution in [0.5, 0.6) is 0 Å². The van der Waals surface area contributed by atoms with Crippen LogP contribution in [0.1, 0.15) is 5.56 Å². The second-order valence-electron chi connectivity index (χ2n) is 6.86. The van der Waals surface area contributed by atoms with E-state index in [1.165, 1.54) is 4.68 Å². The first-order valence-corrected chi connectivity index (χ1v) is 9.26. The fourth-order valence-electron chi connectivity index (χ4n) is 3.34. The number of hydrogen-bond donors (Lipinski definition) is 1. The molecule has 7 nitrogen and oxygen atoms in total. The van der Waals surface area contributed by atoms with E-state index in [4.69, 9.17) is 0 Å². The molecule has 0 unspecified atom stereocenters. The number of benzene rings is 1. The summed E-state index contributed by atoms with van der Waals surface area (Å²) >= 11 is 0. The fraction of sp³-hybridized carbons (Fsp3) is 0.316. The van der Waals surface area contributed by atoms with Crippen LogP contribution in [0.15, 0.2) is 42.7 Å². The number of halogens is 4. The maximum atomic E-state index is 14.0. The van der Waals surface area contributed by atoms with Crippen LogP contribution in [-0.4, -0.2) is 45.9 Å². The molecule has 1 saturated heterocycles. The van der Waals surface area contributed by atoms with E-state index in [2.05, 4.69) is 25.3 Å². The van der Waals surface area contributed by atoms with Gasteiger partial charge in [0.1, 0.15) is 5.82 Å². The largest absolute Gasteiger partial charge is 0.416 e. The molecule has 1 N–H and O–H groups in total. The standard InChI is InChI=1S/C19H19F4N7/c1-28-18(30-10-8-29(9-11-30)14-4-6-24-7-5-14)26-17(27-28)25-16-12-13(19(21,22)23)2-3-15(16)20/h2-7,12H,8-11H2,1H3,(H,25,27). The number of aryl methyl sites for hydroxylation is 1. The summed E-state index contributed by atoms with van der Waals surface area (Å²) in [5, 5.41) is 6.73. The Morgan fingerprint density at radius 1 is 0.967 bits per heavy atom. The van der Waals surface area contributed by atoms with Gasteiger partial charge in [-0.1, -0.05) is 0 Å². The molecule has 0 radical (unpaired) electrons. The summed E-state index contributed by atoms with van der Waals surface area (Å²) in [4.78, 5) is 12.6. The molecule has 0 amide bonds. The van der Waals surface area contributed by atoms with Crippen molar-refractivity contribution < 1.29 is 17.6 Å². The van der Waals surface area contributed by atoms with Gasteiger partial charge in [0.15, 0.2) is 0 Å². The van der Waals surface area contributed by atoms with Gasteiger partial charge < -0.3 is 15.1 Å². The SMILES string of the molecule is Cn1nc(Nc2cc(C(F)(F)F)ccc2F)nc1N1CCN(c2ccncc2)CC1.